The minimum absolute atomic E-state index is 0.110. The molecule has 0 amide bonds. The normalized spacial score (nSPS) is 10.6. The molecule has 0 atom stereocenters. The van der Waals surface area contributed by atoms with Crippen molar-refractivity contribution in [3.8, 4) is 0 Å². The zero-order chi connectivity index (χ0) is 10.7. The molecule has 0 fully saturated rings. The summed E-state index contributed by atoms with van der Waals surface area (Å²) in [6, 6.07) is 0. The summed E-state index contributed by atoms with van der Waals surface area (Å²) >= 11 is 0. The molecule has 14 heavy (non-hydrogen) atoms. The first kappa shape index (κ1) is 11.0. The fraction of sp³-hybridized carbons (Fsp3) is 0.636. The summed E-state index contributed by atoms with van der Waals surface area (Å²) in [5, 5.41) is 4.44. The Kier molecular flexibility index (Phi) is 3.44. The molecule has 0 saturated carbocycles. The lowest BCUT2D eigenvalue weighted by atomic mass is 10.1. The van der Waals surface area contributed by atoms with Gasteiger partial charge in [-0.2, -0.15) is 5.10 Å². The lowest BCUT2D eigenvalue weighted by Gasteiger charge is -2.00. The molecule has 78 valence electrons. The number of Topliss-reactive ketones (excluding diaryl/α,β-unsaturated/α-hetero) is 1. The Morgan fingerprint density at radius 1 is 1.43 bits per heavy atom. The number of aryl methyl sites for hydroxylation is 2. The van der Waals surface area contributed by atoms with E-state index < -0.39 is 0 Å². The SMILES string of the molecule is CCCc1nn(CC)c(C(C)=O)c1C. The van der Waals surface area contributed by atoms with Crippen molar-refractivity contribution < 1.29 is 4.79 Å². The van der Waals surface area contributed by atoms with Gasteiger partial charge in [-0.15, -0.1) is 0 Å². The van der Waals surface area contributed by atoms with Crippen LogP contribution in [0.1, 0.15) is 48.9 Å². The number of aromatic nitrogens is 2. The Balaban J connectivity index is 3.18. The first-order valence-electron chi connectivity index (χ1n) is 5.19. The van der Waals surface area contributed by atoms with Gasteiger partial charge in [0.15, 0.2) is 5.78 Å². The number of ketones is 1. The second-order valence-electron chi connectivity index (χ2n) is 3.54. The highest BCUT2D eigenvalue weighted by atomic mass is 16.1. The Bertz CT molecular complexity index is 339. The minimum Gasteiger partial charge on any atom is -0.293 e. The van der Waals surface area contributed by atoms with Gasteiger partial charge in [0.1, 0.15) is 5.69 Å². The average molecular weight is 194 g/mol. The molecule has 0 aromatic carbocycles. The second kappa shape index (κ2) is 4.40. The van der Waals surface area contributed by atoms with Gasteiger partial charge in [-0.1, -0.05) is 13.3 Å². The minimum atomic E-state index is 0.110. The van der Waals surface area contributed by atoms with Gasteiger partial charge in [-0.3, -0.25) is 9.48 Å². The van der Waals surface area contributed by atoms with E-state index in [0.29, 0.717) is 0 Å². The smallest absolute Gasteiger partial charge is 0.178 e. The van der Waals surface area contributed by atoms with Gasteiger partial charge < -0.3 is 0 Å². The first-order valence-corrected chi connectivity index (χ1v) is 5.19. The lowest BCUT2D eigenvalue weighted by Crippen LogP contribution is -2.07. The second-order valence-corrected chi connectivity index (χ2v) is 3.54. The van der Waals surface area contributed by atoms with Crippen LogP contribution in [0.5, 0.6) is 0 Å². The van der Waals surface area contributed by atoms with Gasteiger partial charge in [0.25, 0.3) is 0 Å². The van der Waals surface area contributed by atoms with Crippen LogP contribution in [0.3, 0.4) is 0 Å². The highest BCUT2D eigenvalue weighted by Gasteiger charge is 2.15. The largest absolute Gasteiger partial charge is 0.293 e. The quantitative estimate of drug-likeness (QED) is 0.690. The van der Waals surface area contributed by atoms with Crippen LogP contribution in [-0.4, -0.2) is 15.6 Å². The van der Waals surface area contributed by atoms with Gasteiger partial charge in [-0.25, -0.2) is 0 Å². The summed E-state index contributed by atoms with van der Waals surface area (Å²) < 4.78 is 1.81. The maximum atomic E-state index is 11.4. The molecule has 1 heterocycles. The average Bonchev–Trinajstić information content (AvgIpc) is 2.44. The van der Waals surface area contributed by atoms with Gasteiger partial charge in [0, 0.05) is 19.0 Å². The van der Waals surface area contributed by atoms with Crippen LogP contribution in [0.15, 0.2) is 0 Å². The molecular weight excluding hydrogens is 176 g/mol. The summed E-state index contributed by atoms with van der Waals surface area (Å²) in [7, 11) is 0. The summed E-state index contributed by atoms with van der Waals surface area (Å²) in [5.74, 6) is 0.110. The standard InChI is InChI=1S/C11H18N2O/c1-5-7-10-8(3)11(9(4)14)13(6-2)12-10/h5-7H2,1-4H3. The van der Waals surface area contributed by atoms with Gasteiger partial charge >= 0.3 is 0 Å². The molecule has 3 heteroatoms. The van der Waals surface area contributed by atoms with E-state index in [1.165, 1.54) is 0 Å². The van der Waals surface area contributed by atoms with E-state index in [4.69, 9.17) is 0 Å². The number of carbonyl (C=O) groups is 1. The topological polar surface area (TPSA) is 34.9 Å². The van der Waals surface area contributed by atoms with E-state index in [-0.39, 0.29) is 5.78 Å². The zero-order valence-electron chi connectivity index (χ0n) is 9.42. The zero-order valence-corrected chi connectivity index (χ0v) is 9.42. The third-order valence-electron chi connectivity index (χ3n) is 2.41. The highest BCUT2D eigenvalue weighted by molar-refractivity contribution is 5.94. The summed E-state index contributed by atoms with van der Waals surface area (Å²) in [5.41, 5.74) is 2.90. The van der Waals surface area contributed by atoms with Crippen LogP contribution < -0.4 is 0 Å². The molecule has 1 rings (SSSR count). The third kappa shape index (κ3) is 1.86. The third-order valence-corrected chi connectivity index (χ3v) is 2.41. The van der Waals surface area contributed by atoms with Gasteiger partial charge in [0.05, 0.1) is 5.69 Å². The molecule has 0 N–H and O–H groups in total. The van der Waals surface area contributed by atoms with Crippen molar-refractivity contribution in [1.29, 1.82) is 0 Å². The van der Waals surface area contributed by atoms with Crippen LogP contribution in [0, 0.1) is 6.92 Å². The van der Waals surface area contributed by atoms with Gasteiger partial charge in [0.2, 0.25) is 0 Å². The fourth-order valence-corrected chi connectivity index (χ4v) is 1.75. The van der Waals surface area contributed by atoms with E-state index in [1.807, 2.05) is 18.5 Å². The molecule has 1 aromatic heterocycles. The molecule has 0 aliphatic heterocycles. The maximum absolute atomic E-state index is 11.4. The van der Waals surface area contributed by atoms with Crippen LogP contribution in [0.2, 0.25) is 0 Å². The number of carbonyl (C=O) groups excluding carboxylic acids is 1. The molecule has 0 saturated heterocycles. The number of nitrogens with zero attached hydrogens (tertiary/aromatic N) is 2. The summed E-state index contributed by atoms with van der Waals surface area (Å²) in [4.78, 5) is 11.4. The molecule has 0 aliphatic carbocycles. The molecule has 0 spiro atoms. The molecule has 0 radical (unpaired) electrons. The molecule has 0 bridgehead atoms. The predicted molar refractivity (Wildman–Crippen MR) is 56.6 cm³/mol. The molecular formula is C11H18N2O. The van der Waals surface area contributed by atoms with Crippen molar-refractivity contribution in [1.82, 2.24) is 9.78 Å². The summed E-state index contributed by atoms with van der Waals surface area (Å²) in [6.07, 6.45) is 2.03. The summed E-state index contributed by atoms with van der Waals surface area (Å²) in [6.45, 7) is 8.48. The maximum Gasteiger partial charge on any atom is 0.178 e. The monoisotopic (exact) mass is 194 g/mol. The highest BCUT2D eigenvalue weighted by Crippen LogP contribution is 2.15. The van der Waals surface area contributed by atoms with Crippen LogP contribution >= 0.6 is 0 Å². The van der Waals surface area contributed by atoms with E-state index >= 15 is 0 Å². The number of hydrogen-bond acceptors (Lipinski definition) is 2. The van der Waals surface area contributed by atoms with Crippen molar-refractivity contribution in [3.05, 3.63) is 17.0 Å². The van der Waals surface area contributed by atoms with Crippen LogP contribution in [0.4, 0.5) is 0 Å². The molecule has 0 aliphatic rings. The van der Waals surface area contributed by atoms with Crippen LogP contribution in [-0.2, 0) is 13.0 Å². The Hall–Kier alpha value is -1.12. The van der Waals surface area contributed by atoms with E-state index in [2.05, 4.69) is 12.0 Å². The van der Waals surface area contributed by atoms with Crippen molar-refractivity contribution in [2.24, 2.45) is 0 Å². The number of hydrogen-bond donors (Lipinski definition) is 0. The van der Waals surface area contributed by atoms with Crippen molar-refractivity contribution in [2.75, 3.05) is 0 Å². The van der Waals surface area contributed by atoms with Crippen molar-refractivity contribution in [2.45, 2.75) is 47.1 Å². The van der Waals surface area contributed by atoms with Crippen molar-refractivity contribution >= 4 is 5.78 Å². The Morgan fingerprint density at radius 2 is 2.07 bits per heavy atom. The molecule has 1 aromatic rings. The molecule has 0 unspecified atom stereocenters. The number of rotatable bonds is 4. The molecule has 3 nitrogen and oxygen atoms in total. The van der Waals surface area contributed by atoms with Crippen molar-refractivity contribution in [3.63, 3.8) is 0 Å². The van der Waals surface area contributed by atoms with E-state index in [1.54, 1.807) is 6.92 Å². The van der Waals surface area contributed by atoms with E-state index in [9.17, 15) is 4.79 Å². The first-order chi connectivity index (χ1) is 6.61. The fourth-order valence-electron chi connectivity index (χ4n) is 1.75. The van der Waals surface area contributed by atoms with Crippen LogP contribution in [0.25, 0.3) is 0 Å². The lowest BCUT2D eigenvalue weighted by molar-refractivity contribution is 0.100. The predicted octanol–water partition coefficient (Wildman–Crippen LogP) is 2.37. The Labute approximate surface area is 85.1 Å². The Morgan fingerprint density at radius 3 is 2.43 bits per heavy atom. The van der Waals surface area contributed by atoms with E-state index in [0.717, 1.165) is 36.3 Å². The van der Waals surface area contributed by atoms with Gasteiger partial charge in [-0.05, 0) is 20.3 Å².